The molecule has 1 fully saturated rings. The number of ether oxygens (including phenoxy) is 4. The summed E-state index contributed by atoms with van der Waals surface area (Å²) in [4.78, 5) is 78.2. The van der Waals surface area contributed by atoms with Crippen molar-refractivity contribution in [3.63, 3.8) is 0 Å². The monoisotopic (exact) mass is 1090 g/mol. The Morgan fingerprint density at radius 3 is 1.64 bits per heavy atom. The van der Waals surface area contributed by atoms with Gasteiger partial charge in [-0.2, -0.15) is 13.8 Å². The van der Waals surface area contributed by atoms with Gasteiger partial charge in [0.05, 0.1) is 19.6 Å². The van der Waals surface area contributed by atoms with Crippen LogP contribution in [0.1, 0.15) is 238 Å². The molecule has 0 aliphatic carbocycles. The van der Waals surface area contributed by atoms with Gasteiger partial charge in [-0.15, -0.1) is 0 Å². The summed E-state index contributed by atoms with van der Waals surface area (Å²) in [6.07, 6.45) is 28.1. The molecule has 21 heteroatoms. The molecule has 18 nitrogen and oxygen atoms in total. The fraction of sp³-hybridized carbons (Fsp3) is 0.852. The lowest BCUT2D eigenvalue weighted by molar-refractivity contribution is -0.228. The third kappa shape index (κ3) is 32.7. The fourth-order valence-corrected chi connectivity index (χ4v) is 9.46. The Bertz CT molecular complexity index is 1810. The van der Waals surface area contributed by atoms with Gasteiger partial charge in [0, 0.05) is 32.0 Å². The number of unbranched alkanes of at least 4 members (excludes halogenated alkanes) is 28. The van der Waals surface area contributed by atoms with Crippen molar-refractivity contribution in [1.82, 2.24) is 14.9 Å². The van der Waals surface area contributed by atoms with Crippen molar-refractivity contribution in [1.29, 1.82) is 0 Å². The number of nitrogens with one attached hydrogen (secondary N) is 1. The van der Waals surface area contributed by atoms with Crippen LogP contribution in [0.2, 0.25) is 0 Å². The fourth-order valence-electron chi connectivity index (χ4n) is 8.72. The Morgan fingerprint density at radius 2 is 1.16 bits per heavy atom. The van der Waals surface area contributed by atoms with E-state index in [1.54, 1.807) is 0 Å². The minimum absolute atomic E-state index is 0.106. The number of phosphoric ester groups is 1. The van der Waals surface area contributed by atoms with E-state index in [0.29, 0.717) is 17.4 Å². The standard InChI is InChI=1S/C54H95F2N4O14P/c1-3-5-7-9-11-13-15-17-19-21-23-25-27-29-31-33-48(62)69-41-44(73-50(64)34-32-30-28-26-24-22-20-18-16-14-12-10-8-6-4-2)42-72-75(67,68)71-40-38-58-47(61)35-36-49(63)70-43-45-51(65)54(55,56)52(74-45)60-39-37-46(57)59-53(60)66/h37,39,44-45,51-52,65H,3-36,38,40-43H2,1-2H3,(H,58,61)(H,67,68)(H2,57,59,66)/p-1/t44-,45-,51?,52-/m1/s1. The normalized spacial score (nSPS) is 17.3. The number of hydrogen-bond acceptors (Lipinski definition) is 16. The molecular weight excluding hydrogens is 998 g/mol. The maximum atomic E-state index is 14.8. The molecule has 0 radical (unpaired) electrons. The first-order valence-corrected chi connectivity index (χ1v) is 30.0. The maximum Gasteiger partial charge on any atom is 0.351 e. The number of aliphatic hydroxyl groups excluding tert-OH is 1. The molecule has 1 aromatic rings. The molecular formula is C54H94F2N4O14P-. The summed E-state index contributed by atoms with van der Waals surface area (Å²) < 4.78 is 73.5. The van der Waals surface area contributed by atoms with E-state index < -0.39 is 107 Å². The van der Waals surface area contributed by atoms with Crippen LogP contribution < -0.4 is 21.6 Å². The number of nitrogens with zero attached hydrogens (tertiary/aromatic N) is 2. The van der Waals surface area contributed by atoms with Crippen molar-refractivity contribution >= 4 is 37.5 Å². The van der Waals surface area contributed by atoms with Gasteiger partial charge < -0.3 is 49.0 Å². The summed E-state index contributed by atoms with van der Waals surface area (Å²) in [7, 11) is -5.01. The van der Waals surface area contributed by atoms with E-state index in [4.69, 9.17) is 33.7 Å². The third-order valence-electron chi connectivity index (χ3n) is 13.2. The Labute approximate surface area is 445 Å². The Morgan fingerprint density at radius 1 is 0.707 bits per heavy atom. The lowest BCUT2D eigenvalue weighted by atomic mass is 10.0. The molecule has 1 aromatic heterocycles. The molecule has 1 amide bonds. The minimum Gasteiger partial charge on any atom is -0.756 e. The number of nitrogens with two attached hydrogens (primary N) is 1. The van der Waals surface area contributed by atoms with Gasteiger partial charge in [-0.05, 0) is 18.9 Å². The van der Waals surface area contributed by atoms with Gasteiger partial charge in [-0.3, -0.25) is 28.3 Å². The Kier molecular flexibility index (Phi) is 37.4. The number of alkyl halides is 2. The average Bonchev–Trinajstić information content (AvgIpc) is 3.60. The van der Waals surface area contributed by atoms with E-state index in [-0.39, 0.29) is 25.2 Å². The van der Waals surface area contributed by atoms with Gasteiger partial charge in [0.25, 0.3) is 7.82 Å². The highest BCUT2D eigenvalue weighted by Crippen LogP contribution is 2.42. The summed E-state index contributed by atoms with van der Waals surface area (Å²) >= 11 is 0. The van der Waals surface area contributed by atoms with E-state index in [1.807, 2.05) is 0 Å². The average molecular weight is 1090 g/mol. The van der Waals surface area contributed by atoms with E-state index in [9.17, 15) is 47.3 Å². The zero-order valence-electron chi connectivity index (χ0n) is 45.5. The number of aliphatic hydroxyl groups is 1. The van der Waals surface area contributed by atoms with Gasteiger partial charge in [-0.1, -0.05) is 194 Å². The van der Waals surface area contributed by atoms with E-state index >= 15 is 0 Å². The number of halogens is 2. The molecule has 0 spiro atoms. The number of nitrogen functional groups attached to an aromatic ring is 1. The molecule has 0 saturated carbocycles. The molecule has 5 atom stereocenters. The molecule has 2 heterocycles. The number of phosphoric acid groups is 1. The van der Waals surface area contributed by atoms with E-state index in [0.717, 1.165) is 57.2 Å². The lowest BCUT2D eigenvalue weighted by Gasteiger charge is -2.25. The van der Waals surface area contributed by atoms with Crippen LogP contribution in [0.3, 0.4) is 0 Å². The van der Waals surface area contributed by atoms with Crippen LogP contribution in [-0.4, -0.2) is 95.7 Å². The number of esters is 3. The largest absolute Gasteiger partial charge is 0.756 e. The second kappa shape index (κ2) is 41.5. The molecule has 1 saturated heterocycles. The number of amides is 1. The highest BCUT2D eigenvalue weighted by molar-refractivity contribution is 7.45. The van der Waals surface area contributed by atoms with Crippen molar-refractivity contribution in [2.45, 2.75) is 263 Å². The smallest absolute Gasteiger partial charge is 0.351 e. The number of carbonyl (C=O) groups excluding carboxylic acids is 4. The van der Waals surface area contributed by atoms with Crippen LogP contribution in [-0.2, 0) is 51.7 Å². The summed E-state index contributed by atoms with van der Waals surface area (Å²) in [5.74, 6) is -6.94. The van der Waals surface area contributed by atoms with Gasteiger partial charge in [0.15, 0.2) is 12.2 Å². The first-order chi connectivity index (χ1) is 36.1. The number of carbonyl (C=O) groups is 4. The summed E-state index contributed by atoms with van der Waals surface area (Å²) in [5.41, 5.74) is 4.26. The molecule has 4 N–H and O–H groups in total. The minimum atomic E-state index is -5.01. The number of aromatic nitrogens is 2. The molecule has 2 unspecified atom stereocenters. The molecule has 434 valence electrons. The number of rotatable bonds is 48. The van der Waals surface area contributed by atoms with Gasteiger partial charge in [-0.25, -0.2) is 4.79 Å². The maximum absolute atomic E-state index is 14.8. The predicted molar refractivity (Wildman–Crippen MR) is 280 cm³/mol. The van der Waals surface area contributed by atoms with Crippen molar-refractivity contribution in [3.05, 3.63) is 22.7 Å². The third-order valence-corrected chi connectivity index (χ3v) is 14.2. The highest BCUT2D eigenvalue weighted by Gasteiger charge is 2.60. The second-order valence-electron chi connectivity index (χ2n) is 20.0. The zero-order valence-corrected chi connectivity index (χ0v) is 46.4. The van der Waals surface area contributed by atoms with Gasteiger partial charge in [0.1, 0.15) is 25.1 Å². The van der Waals surface area contributed by atoms with Gasteiger partial charge >= 0.3 is 29.5 Å². The summed E-state index contributed by atoms with van der Waals surface area (Å²) in [6.45, 7) is 1.67. The molecule has 1 aliphatic heterocycles. The van der Waals surface area contributed by atoms with Crippen LogP contribution in [0.25, 0.3) is 0 Å². The van der Waals surface area contributed by atoms with Crippen molar-refractivity contribution in [2.24, 2.45) is 0 Å². The van der Waals surface area contributed by atoms with Crippen molar-refractivity contribution < 1.29 is 70.5 Å². The zero-order chi connectivity index (χ0) is 55.0. The first kappa shape index (κ1) is 67.6. The summed E-state index contributed by atoms with van der Waals surface area (Å²) in [6, 6.07) is 1.09. The number of hydrogen-bond donors (Lipinski definition) is 3. The van der Waals surface area contributed by atoms with Crippen LogP contribution in [0, 0.1) is 0 Å². The second-order valence-corrected chi connectivity index (χ2v) is 21.4. The van der Waals surface area contributed by atoms with Crippen LogP contribution in [0.4, 0.5) is 14.6 Å². The van der Waals surface area contributed by atoms with Crippen LogP contribution in [0.5, 0.6) is 0 Å². The molecule has 75 heavy (non-hydrogen) atoms. The Balaban J connectivity index is 1.71. The van der Waals surface area contributed by atoms with E-state index in [1.165, 1.54) is 135 Å². The molecule has 0 bridgehead atoms. The van der Waals surface area contributed by atoms with E-state index in [2.05, 4.69) is 24.1 Å². The predicted octanol–water partition coefficient (Wildman–Crippen LogP) is 10.6. The molecule has 2 rings (SSSR count). The topological polar surface area (TPSA) is 257 Å². The Hall–Kier alpha value is -3.55. The van der Waals surface area contributed by atoms with Crippen LogP contribution in [0.15, 0.2) is 17.1 Å². The highest BCUT2D eigenvalue weighted by atomic mass is 31.2. The number of anilines is 1. The molecule has 0 aromatic carbocycles. The lowest BCUT2D eigenvalue weighted by Crippen LogP contribution is -2.42. The first-order valence-electron chi connectivity index (χ1n) is 28.5. The van der Waals surface area contributed by atoms with Crippen LogP contribution >= 0.6 is 7.82 Å². The SMILES string of the molecule is CCCCCCCCCCCCCCCCCC(=O)OC[C@H](COP(=O)([O-])OCCNC(=O)CCC(=O)OC[C@H]1O[C@@H](n2ccc(N)nc2=O)C(F)(F)C1O)OC(=O)CCCCCCCCCCCCCCCCC. The van der Waals surface area contributed by atoms with Crippen molar-refractivity contribution in [3.8, 4) is 0 Å². The quantitative estimate of drug-likeness (QED) is 0.0237. The summed E-state index contributed by atoms with van der Waals surface area (Å²) in [5, 5.41) is 12.5. The molecule has 1 aliphatic rings. The van der Waals surface area contributed by atoms with Gasteiger partial charge in [0.2, 0.25) is 12.1 Å². The van der Waals surface area contributed by atoms with Crippen molar-refractivity contribution in [2.75, 3.05) is 38.7 Å².